The maximum atomic E-state index is 13.0. The summed E-state index contributed by atoms with van der Waals surface area (Å²) in [7, 11) is 7.85. The summed E-state index contributed by atoms with van der Waals surface area (Å²) in [6.45, 7) is 0. The Morgan fingerprint density at radius 2 is 1.58 bits per heavy atom. The maximum absolute atomic E-state index is 13.0. The highest BCUT2D eigenvalue weighted by atomic mass is 16.5. The van der Waals surface area contributed by atoms with Crippen LogP contribution in [0.4, 0.5) is 5.69 Å². The number of fused-ring (bicyclic) bond motifs is 5. The summed E-state index contributed by atoms with van der Waals surface area (Å²) in [5.74, 6) is 1.51. The first-order valence-electron chi connectivity index (χ1n) is 10.4. The summed E-state index contributed by atoms with van der Waals surface area (Å²) in [5.41, 5.74) is 3.24. The monoisotopic (exact) mass is 448 g/mol. The average molecular weight is 448 g/mol. The molecule has 0 aliphatic carbocycles. The molecule has 1 atom stereocenters. The maximum Gasteiger partial charge on any atom is 0.331 e. The van der Waals surface area contributed by atoms with Gasteiger partial charge in [-0.3, -0.25) is 13.9 Å². The molecule has 33 heavy (non-hydrogen) atoms. The SMILES string of the molecule is COc1cc(C2Nc3ccccc3-n3cc4c(=O)n(C)c(=O)n(C)c4c32)cc(OC)c1OC. The molecule has 2 aromatic carbocycles. The summed E-state index contributed by atoms with van der Waals surface area (Å²) in [6.07, 6.45) is 1.80. The molecular weight excluding hydrogens is 424 g/mol. The Morgan fingerprint density at radius 1 is 0.909 bits per heavy atom. The first-order valence-corrected chi connectivity index (χ1v) is 10.4. The van der Waals surface area contributed by atoms with Crippen LogP contribution in [0.1, 0.15) is 17.3 Å². The quantitative estimate of drug-likeness (QED) is 0.516. The van der Waals surface area contributed by atoms with Crippen molar-refractivity contribution < 1.29 is 14.2 Å². The second kappa shape index (κ2) is 7.47. The first kappa shape index (κ1) is 20.7. The van der Waals surface area contributed by atoms with E-state index >= 15 is 0 Å². The molecule has 0 saturated heterocycles. The van der Waals surface area contributed by atoms with Crippen molar-refractivity contribution in [2.24, 2.45) is 14.1 Å². The van der Waals surface area contributed by atoms with Gasteiger partial charge in [0.1, 0.15) is 0 Å². The second-order valence-electron chi connectivity index (χ2n) is 7.91. The summed E-state index contributed by atoms with van der Waals surface area (Å²) in [4.78, 5) is 25.8. The lowest BCUT2D eigenvalue weighted by Gasteiger charge is -2.30. The number of benzene rings is 2. The van der Waals surface area contributed by atoms with Gasteiger partial charge in [0.15, 0.2) is 11.5 Å². The van der Waals surface area contributed by atoms with Crippen LogP contribution in [0.3, 0.4) is 0 Å². The summed E-state index contributed by atoms with van der Waals surface area (Å²) in [5, 5.41) is 4.04. The smallest absolute Gasteiger partial charge is 0.331 e. The lowest BCUT2D eigenvalue weighted by Crippen LogP contribution is -2.37. The minimum absolute atomic E-state index is 0.337. The number of para-hydroxylation sites is 2. The Balaban J connectivity index is 1.89. The van der Waals surface area contributed by atoms with Crippen LogP contribution in [0.5, 0.6) is 17.2 Å². The number of aryl methyl sites for hydroxylation is 1. The minimum Gasteiger partial charge on any atom is -0.493 e. The van der Waals surface area contributed by atoms with Crippen LogP contribution < -0.4 is 30.8 Å². The van der Waals surface area contributed by atoms with Crippen molar-refractivity contribution in [1.29, 1.82) is 0 Å². The van der Waals surface area contributed by atoms with Crippen molar-refractivity contribution in [2.45, 2.75) is 6.04 Å². The predicted molar refractivity (Wildman–Crippen MR) is 125 cm³/mol. The van der Waals surface area contributed by atoms with Crippen molar-refractivity contribution >= 4 is 16.6 Å². The van der Waals surface area contributed by atoms with Gasteiger partial charge in [0.05, 0.1) is 55.3 Å². The molecule has 0 fully saturated rings. The molecule has 0 saturated carbocycles. The van der Waals surface area contributed by atoms with Crippen molar-refractivity contribution in [3.8, 4) is 22.9 Å². The molecule has 5 rings (SSSR count). The van der Waals surface area contributed by atoms with Crippen LogP contribution in [0.2, 0.25) is 0 Å². The van der Waals surface area contributed by atoms with Crippen molar-refractivity contribution in [2.75, 3.05) is 26.6 Å². The highest BCUT2D eigenvalue weighted by molar-refractivity contribution is 5.86. The highest BCUT2D eigenvalue weighted by Crippen LogP contribution is 2.45. The lowest BCUT2D eigenvalue weighted by molar-refractivity contribution is 0.323. The van der Waals surface area contributed by atoms with E-state index in [1.807, 2.05) is 41.0 Å². The molecule has 0 bridgehead atoms. The molecule has 0 amide bonds. The molecule has 0 radical (unpaired) electrons. The van der Waals surface area contributed by atoms with Crippen molar-refractivity contribution in [1.82, 2.24) is 13.7 Å². The fourth-order valence-corrected chi connectivity index (χ4v) is 4.62. The van der Waals surface area contributed by atoms with E-state index in [0.717, 1.165) is 27.2 Å². The normalized spacial score (nSPS) is 14.4. The fraction of sp³-hybridized carbons (Fsp3) is 0.250. The number of hydrogen-bond acceptors (Lipinski definition) is 6. The minimum atomic E-state index is -0.399. The molecule has 170 valence electrons. The van der Waals surface area contributed by atoms with E-state index in [4.69, 9.17) is 14.2 Å². The Hall–Kier alpha value is -4.14. The van der Waals surface area contributed by atoms with Gasteiger partial charge in [0.2, 0.25) is 5.75 Å². The molecule has 1 aliphatic heterocycles. The number of methoxy groups -OCH3 is 3. The van der Waals surface area contributed by atoms with Crippen LogP contribution in [0, 0.1) is 0 Å². The van der Waals surface area contributed by atoms with E-state index in [9.17, 15) is 9.59 Å². The number of aromatic nitrogens is 3. The zero-order valence-corrected chi connectivity index (χ0v) is 19.0. The van der Waals surface area contributed by atoms with Crippen LogP contribution in [0.15, 0.2) is 52.2 Å². The second-order valence-corrected chi connectivity index (χ2v) is 7.91. The molecule has 3 heterocycles. The molecular formula is C24H24N4O5. The molecule has 1 aliphatic rings. The van der Waals surface area contributed by atoms with E-state index in [0.29, 0.717) is 28.2 Å². The van der Waals surface area contributed by atoms with Gasteiger partial charge in [-0.2, -0.15) is 0 Å². The number of nitrogens with one attached hydrogen (secondary N) is 1. The van der Waals surface area contributed by atoms with E-state index in [-0.39, 0.29) is 11.2 Å². The molecule has 9 heteroatoms. The van der Waals surface area contributed by atoms with E-state index in [1.54, 1.807) is 34.6 Å². The van der Waals surface area contributed by atoms with E-state index < -0.39 is 6.04 Å². The average Bonchev–Trinajstić information content (AvgIpc) is 3.25. The van der Waals surface area contributed by atoms with Gasteiger partial charge >= 0.3 is 5.69 Å². The predicted octanol–water partition coefficient (Wildman–Crippen LogP) is 2.57. The van der Waals surface area contributed by atoms with Crippen LogP contribution >= 0.6 is 0 Å². The fourth-order valence-electron chi connectivity index (χ4n) is 4.62. The zero-order chi connectivity index (χ0) is 23.4. The van der Waals surface area contributed by atoms with E-state index in [2.05, 4.69) is 5.32 Å². The topological polar surface area (TPSA) is 88.7 Å². The van der Waals surface area contributed by atoms with Gasteiger partial charge in [-0.1, -0.05) is 12.1 Å². The molecule has 9 nitrogen and oxygen atoms in total. The molecule has 1 N–H and O–H groups in total. The third kappa shape index (κ3) is 2.85. The summed E-state index contributed by atoms with van der Waals surface area (Å²) in [6, 6.07) is 11.2. The number of nitrogens with zero attached hydrogens (tertiary/aromatic N) is 3. The Labute approximate surface area is 189 Å². The number of anilines is 1. The number of hydrogen-bond donors (Lipinski definition) is 1. The van der Waals surface area contributed by atoms with Crippen LogP contribution in [-0.4, -0.2) is 35.0 Å². The lowest BCUT2D eigenvalue weighted by atomic mass is 9.98. The largest absolute Gasteiger partial charge is 0.493 e. The van der Waals surface area contributed by atoms with Gasteiger partial charge in [0.25, 0.3) is 5.56 Å². The Bertz CT molecular complexity index is 1500. The summed E-state index contributed by atoms with van der Waals surface area (Å²) >= 11 is 0. The zero-order valence-electron chi connectivity index (χ0n) is 19.0. The number of rotatable bonds is 4. The molecule has 0 spiro atoms. The molecule has 1 unspecified atom stereocenters. The third-order valence-corrected chi connectivity index (χ3v) is 6.22. The molecule has 4 aromatic rings. The van der Waals surface area contributed by atoms with Gasteiger partial charge in [0, 0.05) is 20.3 Å². The third-order valence-electron chi connectivity index (χ3n) is 6.22. The standard InChI is InChI=1S/C24H24N4O5/c1-26-20-14(23(29)27(2)24(26)30)12-28-16-9-7-6-8-15(16)25-19(21(20)28)13-10-17(31-3)22(33-5)18(11-13)32-4/h6-12,19,25H,1-5H3. The Kier molecular flexibility index (Phi) is 4.70. The highest BCUT2D eigenvalue weighted by Gasteiger charge is 2.32. The summed E-state index contributed by atoms with van der Waals surface area (Å²) < 4.78 is 21.2. The van der Waals surface area contributed by atoms with Crippen LogP contribution in [0.25, 0.3) is 16.6 Å². The van der Waals surface area contributed by atoms with Gasteiger partial charge < -0.3 is 24.1 Å². The van der Waals surface area contributed by atoms with Crippen molar-refractivity contribution in [3.63, 3.8) is 0 Å². The molecule has 2 aromatic heterocycles. The van der Waals surface area contributed by atoms with Gasteiger partial charge in [-0.25, -0.2) is 4.79 Å². The number of ether oxygens (including phenoxy) is 3. The van der Waals surface area contributed by atoms with Crippen molar-refractivity contribution in [3.05, 3.63) is 74.7 Å². The van der Waals surface area contributed by atoms with Gasteiger partial charge in [-0.15, -0.1) is 0 Å². The van der Waals surface area contributed by atoms with Crippen LogP contribution in [-0.2, 0) is 14.1 Å². The van der Waals surface area contributed by atoms with Gasteiger partial charge in [-0.05, 0) is 29.8 Å². The van der Waals surface area contributed by atoms with E-state index in [1.165, 1.54) is 11.6 Å². The first-order chi connectivity index (χ1) is 15.9. The Morgan fingerprint density at radius 3 is 2.21 bits per heavy atom.